The summed E-state index contributed by atoms with van der Waals surface area (Å²) in [5, 5.41) is 12.5. The number of amides is 1. The van der Waals surface area contributed by atoms with Crippen molar-refractivity contribution in [2.75, 3.05) is 31.1 Å². The minimum atomic E-state index is -0.480. The van der Waals surface area contributed by atoms with Gasteiger partial charge in [0.25, 0.3) is 0 Å². The third-order valence-corrected chi connectivity index (χ3v) is 5.95. The number of halogens is 1. The van der Waals surface area contributed by atoms with Crippen LogP contribution in [0.25, 0.3) is 10.9 Å². The van der Waals surface area contributed by atoms with E-state index in [4.69, 9.17) is 16.3 Å². The van der Waals surface area contributed by atoms with Gasteiger partial charge in [-0.15, -0.1) is 0 Å². The highest BCUT2D eigenvalue weighted by atomic mass is 35.5. The topological polar surface area (TPSA) is 85.5 Å². The molecule has 2 aromatic rings. The van der Waals surface area contributed by atoms with Gasteiger partial charge in [-0.25, -0.2) is 9.78 Å². The molecule has 156 valence electrons. The number of carbonyl (C=O) groups excluding carboxylic acids is 1. The average molecular weight is 420 g/mol. The van der Waals surface area contributed by atoms with Crippen LogP contribution in [0.2, 0.25) is 5.28 Å². The van der Waals surface area contributed by atoms with Crippen LogP contribution in [-0.4, -0.2) is 52.7 Å². The molecule has 1 amide bonds. The number of anilines is 1. The van der Waals surface area contributed by atoms with E-state index in [2.05, 4.69) is 14.9 Å². The molecule has 0 aromatic carbocycles. The van der Waals surface area contributed by atoms with Crippen LogP contribution in [0.1, 0.15) is 40.0 Å². The van der Waals surface area contributed by atoms with Gasteiger partial charge in [0, 0.05) is 32.2 Å². The first-order chi connectivity index (χ1) is 13.6. The SMILES string of the molecule is CC(C)(C)OC(=O)N1CCC2(CCN(c3nc(Cl)nc4c[n+]([O-])ccc34)CC2)C1. The van der Waals surface area contributed by atoms with E-state index in [1.54, 1.807) is 6.07 Å². The van der Waals surface area contributed by atoms with Gasteiger partial charge in [-0.2, -0.15) is 9.71 Å². The monoisotopic (exact) mass is 419 g/mol. The maximum absolute atomic E-state index is 12.4. The molecule has 0 bridgehead atoms. The molecule has 0 N–H and O–H groups in total. The van der Waals surface area contributed by atoms with E-state index in [1.807, 2.05) is 25.7 Å². The molecule has 1 spiro atoms. The summed E-state index contributed by atoms with van der Waals surface area (Å²) in [6.45, 7) is 8.77. The summed E-state index contributed by atoms with van der Waals surface area (Å²) in [6, 6.07) is 1.73. The van der Waals surface area contributed by atoms with Crippen LogP contribution in [-0.2, 0) is 4.74 Å². The Bertz CT molecular complexity index is 932. The van der Waals surface area contributed by atoms with Crippen molar-refractivity contribution >= 4 is 34.4 Å². The Morgan fingerprint density at radius 2 is 1.93 bits per heavy atom. The Morgan fingerprint density at radius 3 is 2.62 bits per heavy atom. The van der Waals surface area contributed by atoms with E-state index in [0.717, 1.165) is 56.6 Å². The molecule has 0 unspecified atom stereocenters. The molecule has 8 nitrogen and oxygen atoms in total. The number of ether oxygens (including phenoxy) is 1. The summed E-state index contributed by atoms with van der Waals surface area (Å²) >= 11 is 6.10. The first-order valence-corrected chi connectivity index (χ1v) is 10.3. The van der Waals surface area contributed by atoms with Gasteiger partial charge < -0.3 is 19.7 Å². The number of piperidine rings is 1. The molecule has 2 aliphatic heterocycles. The van der Waals surface area contributed by atoms with Crippen molar-refractivity contribution in [1.82, 2.24) is 14.9 Å². The zero-order chi connectivity index (χ0) is 20.8. The average Bonchev–Trinajstić information content (AvgIpc) is 3.04. The fourth-order valence-electron chi connectivity index (χ4n) is 4.28. The van der Waals surface area contributed by atoms with E-state index >= 15 is 0 Å². The largest absolute Gasteiger partial charge is 0.619 e. The smallest absolute Gasteiger partial charge is 0.410 e. The molecule has 4 heterocycles. The number of aromatic nitrogens is 3. The maximum Gasteiger partial charge on any atom is 0.410 e. The van der Waals surface area contributed by atoms with Crippen molar-refractivity contribution in [3.8, 4) is 0 Å². The number of carbonyl (C=O) groups is 1. The van der Waals surface area contributed by atoms with Crippen LogP contribution in [0.4, 0.5) is 10.6 Å². The first-order valence-electron chi connectivity index (χ1n) is 9.93. The van der Waals surface area contributed by atoms with Crippen LogP contribution in [0.15, 0.2) is 18.5 Å². The number of fused-ring (bicyclic) bond motifs is 1. The molecule has 4 rings (SSSR count). The van der Waals surface area contributed by atoms with Crippen molar-refractivity contribution in [3.63, 3.8) is 0 Å². The summed E-state index contributed by atoms with van der Waals surface area (Å²) in [4.78, 5) is 25.1. The molecule has 2 aromatic heterocycles. The van der Waals surface area contributed by atoms with Gasteiger partial charge in [-0.3, -0.25) is 0 Å². The lowest BCUT2D eigenvalue weighted by atomic mass is 9.78. The zero-order valence-electron chi connectivity index (χ0n) is 17.0. The number of hydrogen-bond donors (Lipinski definition) is 0. The van der Waals surface area contributed by atoms with Crippen LogP contribution < -0.4 is 9.63 Å². The second-order valence-corrected chi connectivity index (χ2v) is 9.40. The Labute approximate surface area is 175 Å². The second kappa shape index (κ2) is 7.16. The Morgan fingerprint density at radius 1 is 1.24 bits per heavy atom. The van der Waals surface area contributed by atoms with Gasteiger partial charge in [-0.1, -0.05) is 0 Å². The lowest BCUT2D eigenvalue weighted by Crippen LogP contribution is -2.43. The highest BCUT2D eigenvalue weighted by molar-refractivity contribution is 6.28. The van der Waals surface area contributed by atoms with Crippen LogP contribution in [0.5, 0.6) is 0 Å². The first kappa shape index (κ1) is 19.9. The normalized spacial score (nSPS) is 19.2. The van der Waals surface area contributed by atoms with Gasteiger partial charge in [-0.05, 0) is 57.0 Å². The summed E-state index contributed by atoms with van der Waals surface area (Å²) in [5.41, 5.74) is 0.180. The van der Waals surface area contributed by atoms with Crippen LogP contribution >= 0.6 is 11.6 Å². The maximum atomic E-state index is 12.4. The van der Waals surface area contributed by atoms with E-state index in [-0.39, 0.29) is 16.8 Å². The van der Waals surface area contributed by atoms with Crippen LogP contribution in [0.3, 0.4) is 0 Å². The van der Waals surface area contributed by atoms with Crippen molar-refractivity contribution in [3.05, 3.63) is 29.0 Å². The highest BCUT2D eigenvalue weighted by Gasteiger charge is 2.43. The molecule has 0 aliphatic carbocycles. The molecule has 0 saturated carbocycles. The molecule has 29 heavy (non-hydrogen) atoms. The van der Waals surface area contributed by atoms with E-state index < -0.39 is 5.60 Å². The summed E-state index contributed by atoms with van der Waals surface area (Å²) in [5.74, 6) is 0.762. The lowest BCUT2D eigenvalue weighted by Gasteiger charge is -2.40. The molecule has 0 radical (unpaired) electrons. The van der Waals surface area contributed by atoms with Crippen molar-refractivity contribution in [1.29, 1.82) is 0 Å². The lowest BCUT2D eigenvalue weighted by molar-refractivity contribution is -0.604. The number of likely N-dealkylation sites (tertiary alicyclic amines) is 1. The molecular weight excluding hydrogens is 394 g/mol. The summed E-state index contributed by atoms with van der Waals surface area (Å²) in [7, 11) is 0. The summed E-state index contributed by atoms with van der Waals surface area (Å²) < 4.78 is 6.25. The predicted molar refractivity (Wildman–Crippen MR) is 110 cm³/mol. The Kier molecular flexibility index (Phi) is 4.93. The quantitative estimate of drug-likeness (QED) is 0.401. The van der Waals surface area contributed by atoms with Gasteiger partial charge in [0.1, 0.15) is 16.9 Å². The minimum absolute atomic E-state index is 0.123. The van der Waals surface area contributed by atoms with Gasteiger partial charge in [0.2, 0.25) is 11.5 Å². The van der Waals surface area contributed by atoms with Crippen LogP contribution in [0, 0.1) is 10.6 Å². The van der Waals surface area contributed by atoms with Gasteiger partial charge >= 0.3 is 6.09 Å². The number of rotatable bonds is 1. The highest BCUT2D eigenvalue weighted by Crippen LogP contribution is 2.42. The predicted octanol–water partition coefficient (Wildman–Crippen LogP) is 3.14. The molecule has 2 aliphatic rings. The molecule has 9 heteroatoms. The molecule has 0 atom stereocenters. The van der Waals surface area contributed by atoms with Gasteiger partial charge in [0.05, 0.1) is 5.39 Å². The number of hydrogen-bond acceptors (Lipinski definition) is 6. The van der Waals surface area contributed by atoms with E-state index in [9.17, 15) is 10.0 Å². The van der Waals surface area contributed by atoms with Crippen molar-refractivity contribution in [2.24, 2.45) is 5.41 Å². The fourth-order valence-corrected chi connectivity index (χ4v) is 4.45. The summed E-state index contributed by atoms with van der Waals surface area (Å²) in [6.07, 6.45) is 5.55. The van der Waals surface area contributed by atoms with Gasteiger partial charge in [0.15, 0.2) is 6.20 Å². The number of pyridine rings is 1. The minimum Gasteiger partial charge on any atom is -0.619 e. The third kappa shape index (κ3) is 4.17. The Balaban J connectivity index is 1.47. The third-order valence-electron chi connectivity index (χ3n) is 5.78. The number of nitrogens with zero attached hydrogens (tertiary/aromatic N) is 5. The molecular formula is C20H26ClN5O3. The Hall–Kier alpha value is -2.35. The molecule has 2 saturated heterocycles. The van der Waals surface area contributed by atoms with Crippen molar-refractivity contribution < 1.29 is 14.3 Å². The van der Waals surface area contributed by atoms with E-state index in [1.165, 1.54) is 12.4 Å². The molecule has 2 fully saturated rings. The standard InChI is InChI=1S/C20H26ClN5O3/c1-19(2,3)29-18(27)25-11-7-20(13-25)5-9-24(10-6-20)16-14-4-8-26(28)12-15(14)22-17(21)23-16/h4,8,12H,5-7,9-11,13H2,1-3H3. The van der Waals surface area contributed by atoms with Crippen molar-refractivity contribution in [2.45, 2.75) is 45.6 Å². The fraction of sp³-hybridized carbons (Fsp3) is 0.600. The zero-order valence-corrected chi connectivity index (χ0v) is 17.8. The second-order valence-electron chi connectivity index (χ2n) is 9.06. The van der Waals surface area contributed by atoms with E-state index in [0.29, 0.717) is 10.2 Å².